The second kappa shape index (κ2) is 6.22. The Balaban J connectivity index is 1.98. The number of aromatic nitrogens is 1. The lowest BCUT2D eigenvalue weighted by atomic mass is 9.79. The topological polar surface area (TPSA) is 54.0 Å². The molecule has 0 bridgehead atoms. The molecule has 0 spiro atoms. The van der Waals surface area contributed by atoms with Crippen LogP contribution < -0.4 is 10.6 Å². The minimum absolute atomic E-state index is 0.0126. The number of nitrogens with one attached hydrogen (secondary N) is 2. The zero-order valence-electron chi connectivity index (χ0n) is 12.7. The Morgan fingerprint density at radius 2 is 2.10 bits per heavy atom. The fourth-order valence-electron chi connectivity index (χ4n) is 3.03. The van der Waals surface area contributed by atoms with Crippen molar-refractivity contribution >= 4 is 17.2 Å². The first kappa shape index (κ1) is 15.4. The van der Waals surface area contributed by atoms with E-state index in [9.17, 15) is 4.79 Å². The van der Waals surface area contributed by atoms with Gasteiger partial charge in [0.05, 0.1) is 5.54 Å². The Hall–Kier alpha value is -0.940. The number of nitrogens with zero attached hydrogens (tertiary/aromatic N) is 1. The maximum absolute atomic E-state index is 12.4. The summed E-state index contributed by atoms with van der Waals surface area (Å²) in [5, 5.41) is 9.42. The molecule has 0 atom stereocenters. The van der Waals surface area contributed by atoms with Crippen LogP contribution in [-0.2, 0) is 10.3 Å². The van der Waals surface area contributed by atoms with Gasteiger partial charge in [-0.15, -0.1) is 11.3 Å². The van der Waals surface area contributed by atoms with Gasteiger partial charge in [-0.1, -0.05) is 19.3 Å². The van der Waals surface area contributed by atoms with Crippen LogP contribution in [0.25, 0.3) is 0 Å². The van der Waals surface area contributed by atoms with Crippen molar-refractivity contribution < 1.29 is 4.79 Å². The average Bonchev–Trinajstić information content (AvgIpc) is 2.93. The number of rotatable bonds is 5. The van der Waals surface area contributed by atoms with E-state index in [1.165, 1.54) is 19.3 Å². The van der Waals surface area contributed by atoms with Gasteiger partial charge >= 0.3 is 0 Å². The van der Waals surface area contributed by atoms with Crippen molar-refractivity contribution in [1.29, 1.82) is 0 Å². The van der Waals surface area contributed by atoms with E-state index < -0.39 is 5.54 Å². The Bertz CT molecular complexity index is 436. The molecule has 1 saturated carbocycles. The van der Waals surface area contributed by atoms with Crippen molar-refractivity contribution in [3.8, 4) is 0 Å². The molecule has 20 heavy (non-hydrogen) atoms. The summed E-state index contributed by atoms with van der Waals surface area (Å²) >= 11 is 1.58. The van der Waals surface area contributed by atoms with E-state index in [2.05, 4.69) is 15.6 Å². The lowest BCUT2D eigenvalue weighted by Gasteiger charge is -2.37. The molecule has 0 unspecified atom stereocenters. The van der Waals surface area contributed by atoms with E-state index in [0.29, 0.717) is 6.42 Å². The molecule has 1 aromatic heterocycles. The monoisotopic (exact) mass is 295 g/mol. The van der Waals surface area contributed by atoms with Gasteiger partial charge in [0.2, 0.25) is 5.91 Å². The van der Waals surface area contributed by atoms with Crippen LogP contribution in [0.5, 0.6) is 0 Å². The van der Waals surface area contributed by atoms with E-state index in [0.717, 1.165) is 17.8 Å². The van der Waals surface area contributed by atoms with Crippen LogP contribution in [0.1, 0.15) is 57.4 Å². The normalized spacial score (nSPS) is 18.8. The predicted octanol–water partition coefficient (Wildman–Crippen LogP) is 2.81. The molecule has 5 heteroatoms. The number of hydrogen-bond acceptors (Lipinski definition) is 4. The average molecular weight is 295 g/mol. The van der Waals surface area contributed by atoms with Gasteiger partial charge in [-0.3, -0.25) is 4.79 Å². The summed E-state index contributed by atoms with van der Waals surface area (Å²) in [5.41, 5.74) is -0.407. The van der Waals surface area contributed by atoms with E-state index in [-0.39, 0.29) is 11.4 Å². The third-order valence-electron chi connectivity index (χ3n) is 4.26. The molecule has 1 aliphatic rings. The molecule has 0 saturated heterocycles. The SMILES string of the molecule is CNC1(CC(=O)NC(C)(C)c2nccs2)CCCCC1. The molecule has 0 aliphatic heterocycles. The number of hydrogen-bond donors (Lipinski definition) is 2. The van der Waals surface area contributed by atoms with Gasteiger partial charge in [0.15, 0.2) is 0 Å². The van der Waals surface area contributed by atoms with E-state index in [1.807, 2.05) is 26.3 Å². The zero-order chi connectivity index (χ0) is 14.6. The van der Waals surface area contributed by atoms with E-state index >= 15 is 0 Å². The van der Waals surface area contributed by atoms with Crippen LogP contribution in [0.3, 0.4) is 0 Å². The molecule has 2 N–H and O–H groups in total. The highest BCUT2D eigenvalue weighted by atomic mass is 32.1. The van der Waals surface area contributed by atoms with Crippen molar-refractivity contribution in [2.45, 2.75) is 63.5 Å². The Labute approximate surface area is 125 Å². The lowest BCUT2D eigenvalue weighted by molar-refractivity contribution is -0.124. The van der Waals surface area contributed by atoms with Crippen LogP contribution in [-0.4, -0.2) is 23.5 Å². The molecule has 4 nitrogen and oxygen atoms in total. The summed E-state index contributed by atoms with van der Waals surface area (Å²) in [6.45, 7) is 4.02. The van der Waals surface area contributed by atoms with Crippen molar-refractivity contribution in [3.63, 3.8) is 0 Å². The third kappa shape index (κ3) is 3.58. The maximum atomic E-state index is 12.4. The van der Waals surface area contributed by atoms with Gasteiger partial charge < -0.3 is 10.6 Å². The van der Waals surface area contributed by atoms with Crippen molar-refractivity contribution in [1.82, 2.24) is 15.6 Å². The molecule has 0 radical (unpaired) electrons. The highest BCUT2D eigenvalue weighted by molar-refractivity contribution is 7.09. The summed E-state index contributed by atoms with van der Waals surface area (Å²) in [6, 6.07) is 0. The third-order valence-corrected chi connectivity index (χ3v) is 5.36. The summed E-state index contributed by atoms with van der Waals surface area (Å²) < 4.78 is 0. The molecular formula is C15H25N3OS. The molecule has 1 aliphatic carbocycles. The van der Waals surface area contributed by atoms with Gasteiger partial charge in [0, 0.05) is 23.5 Å². The standard InChI is InChI=1S/C15H25N3OS/c1-14(2,13-17-9-10-20-13)18-12(19)11-15(16-3)7-5-4-6-8-15/h9-10,16H,4-8,11H2,1-3H3,(H,18,19). The highest BCUT2D eigenvalue weighted by Crippen LogP contribution is 2.31. The Morgan fingerprint density at radius 1 is 1.40 bits per heavy atom. The zero-order valence-corrected chi connectivity index (χ0v) is 13.5. The quantitative estimate of drug-likeness (QED) is 0.878. The van der Waals surface area contributed by atoms with Crippen LogP contribution >= 0.6 is 11.3 Å². The minimum Gasteiger partial charge on any atom is -0.345 e. The van der Waals surface area contributed by atoms with Gasteiger partial charge in [-0.2, -0.15) is 0 Å². The van der Waals surface area contributed by atoms with Crippen molar-refractivity contribution in [3.05, 3.63) is 16.6 Å². The fourth-order valence-corrected chi connectivity index (χ4v) is 3.75. The lowest BCUT2D eigenvalue weighted by Crippen LogP contribution is -2.50. The first-order valence-electron chi connectivity index (χ1n) is 7.37. The van der Waals surface area contributed by atoms with E-state index in [4.69, 9.17) is 0 Å². The predicted molar refractivity (Wildman–Crippen MR) is 82.8 cm³/mol. The molecule has 1 heterocycles. The first-order chi connectivity index (χ1) is 9.47. The van der Waals surface area contributed by atoms with Crippen molar-refractivity contribution in [2.24, 2.45) is 0 Å². The second-order valence-corrected chi connectivity index (χ2v) is 7.17. The number of thiazole rings is 1. The van der Waals surface area contributed by atoms with Crippen molar-refractivity contribution in [2.75, 3.05) is 7.05 Å². The summed E-state index contributed by atoms with van der Waals surface area (Å²) in [4.78, 5) is 16.7. The second-order valence-electron chi connectivity index (χ2n) is 6.28. The molecule has 0 aromatic carbocycles. The summed E-state index contributed by atoms with van der Waals surface area (Å²) in [6.07, 6.45) is 8.23. The molecule has 1 aromatic rings. The molecule has 112 valence electrons. The largest absolute Gasteiger partial charge is 0.345 e. The van der Waals surface area contributed by atoms with Crippen LogP contribution in [0, 0.1) is 0 Å². The minimum atomic E-state index is -0.394. The highest BCUT2D eigenvalue weighted by Gasteiger charge is 2.34. The molecule has 1 amide bonds. The molecular weight excluding hydrogens is 270 g/mol. The smallest absolute Gasteiger partial charge is 0.222 e. The van der Waals surface area contributed by atoms with Crippen LogP contribution in [0.15, 0.2) is 11.6 Å². The molecule has 2 rings (SSSR count). The first-order valence-corrected chi connectivity index (χ1v) is 8.25. The Kier molecular flexibility index (Phi) is 4.81. The van der Waals surface area contributed by atoms with Gasteiger partial charge in [0.1, 0.15) is 5.01 Å². The van der Waals surface area contributed by atoms with Gasteiger partial charge in [-0.05, 0) is 33.7 Å². The number of carbonyl (C=O) groups excluding carboxylic acids is 1. The fraction of sp³-hybridized carbons (Fsp3) is 0.733. The number of amides is 1. The summed E-state index contributed by atoms with van der Waals surface area (Å²) in [5.74, 6) is 0.112. The van der Waals surface area contributed by atoms with Crippen LogP contribution in [0.4, 0.5) is 0 Å². The van der Waals surface area contributed by atoms with Gasteiger partial charge in [0.25, 0.3) is 0 Å². The van der Waals surface area contributed by atoms with Crippen LogP contribution in [0.2, 0.25) is 0 Å². The summed E-state index contributed by atoms with van der Waals surface area (Å²) in [7, 11) is 1.98. The number of carbonyl (C=O) groups is 1. The van der Waals surface area contributed by atoms with Gasteiger partial charge in [-0.25, -0.2) is 4.98 Å². The Morgan fingerprint density at radius 3 is 2.65 bits per heavy atom. The molecule has 1 fully saturated rings. The van der Waals surface area contributed by atoms with E-state index in [1.54, 1.807) is 17.5 Å². The maximum Gasteiger partial charge on any atom is 0.222 e.